The normalized spacial score (nSPS) is 18.0. The van der Waals surface area contributed by atoms with Crippen molar-refractivity contribution in [2.24, 2.45) is 0 Å². The van der Waals surface area contributed by atoms with Gasteiger partial charge in [-0.1, -0.05) is 6.92 Å². The van der Waals surface area contributed by atoms with Gasteiger partial charge < -0.3 is 14.5 Å². The van der Waals surface area contributed by atoms with E-state index >= 15 is 0 Å². The van der Waals surface area contributed by atoms with E-state index in [0.717, 1.165) is 13.0 Å². The molecule has 0 radical (unpaired) electrons. The highest BCUT2D eigenvalue weighted by Gasteiger charge is 2.35. The van der Waals surface area contributed by atoms with Crippen molar-refractivity contribution < 1.29 is 22.4 Å². The molecule has 0 saturated carbocycles. The number of furan rings is 1. The maximum Gasteiger partial charge on any atom is 0.374 e. The zero-order chi connectivity index (χ0) is 16.2. The van der Waals surface area contributed by atoms with Crippen LogP contribution in [-0.4, -0.2) is 51.0 Å². The van der Waals surface area contributed by atoms with Gasteiger partial charge in [-0.15, -0.1) is 12.4 Å². The van der Waals surface area contributed by atoms with E-state index in [-0.39, 0.29) is 35.9 Å². The molecule has 2 rings (SSSR count). The molecule has 7 nitrogen and oxygen atoms in total. The summed E-state index contributed by atoms with van der Waals surface area (Å²) in [7, 11) is -3.76. The molecule has 132 valence electrons. The molecule has 0 spiro atoms. The Morgan fingerprint density at radius 3 is 2.74 bits per heavy atom. The maximum atomic E-state index is 12.8. The average Bonchev–Trinajstić information content (AvgIpc) is 3.16. The molecule has 0 amide bonds. The van der Waals surface area contributed by atoms with Crippen LogP contribution >= 0.6 is 12.4 Å². The van der Waals surface area contributed by atoms with Gasteiger partial charge in [-0.05, 0) is 38.4 Å². The highest BCUT2D eigenvalue weighted by Crippen LogP contribution is 2.23. The van der Waals surface area contributed by atoms with Crippen LogP contribution in [0, 0.1) is 0 Å². The van der Waals surface area contributed by atoms with Crippen LogP contribution in [0.4, 0.5) is 0 Å². The Morgan fingerprint density at radius 1 is 1.43 bits per heavy atom. The van der Waals surface area contributed by atoms with Crippen LogP contribution < -0.4 is 5.32 Å². The zero-order valence-corrected chi connectivity index (χ0v) is 14.9. The Kier molecular flexibility index (Phi) is 7.53. The van der Waals surface area contributed by atoms with Crippen molar-refractivity contribution in [3.8, 4) is 0 Å². The second-order valence-electron chi connectivity index (χ2n) is 5.10. The van der Waals surface area contributed by atoms with Crippen molar-refractivity contribution >= 4 is 28.4 Å². The van der Waals surface area contributed by atoms with E-state index in [9.17, 15) is 13.2 Å². The van der Waals surface area contributed by atoms with Gasteiger partial charge in [0.15, 0.2) is 0 Å². The van der Waals surface area contributed by atoms with Crippen molar-refractivity contribution in [3.05, 3.63) is 17.9 Å². The van der Waals surface area contributed by atoms with Crippen LogP contribution in [0.1, 0.15) is 37.2 Å². The van der Waals surface area contributed by atoms with Crippen molar-refractivity contribution in [2.75, 3.05) is 26.2 Å². The number of halogens is 1. The van der Waals surface area contributed by atoms with Gasteiger partial charge in [0.1, 0.15) is 0 Å². The molecular weight excluding hydrogens is 344 g/mol. The molecule has 0 aromatic carbocycles. The number of carbonyl (C=O) groups is 1. The third-order valence-corrected chi connectivity index (χ3v) is 5.33. The molecule has 1 fully saturated rings. The average molecular weight is 367 g/mol. The first kappa shape index (κ1) is 20.0. The molecule has 1 atom stereocenters. The number of nitrogens with one attached hydrogen (secondary N) is 1. The van der Waals surface area contributed by atoms with Crippen LogP contribution in [0.15, 0.2) is 21.6 Å². The van der Waals surface area contributed by atoms with Gasteiger partial charge in [0.05, 0.1) is 6.61 Å². The lowest BCUT2D eigenvalue weighted by Crippen LogP contribution is -2.41. The van der Waals surface area contributed by atoms with Gasteiger partial charge in [-0.3, -0.25) is 0 Å². The fraction of sp³-hybridized carbons (Fsp3) is 0.643. The summed E-state index contributed by atoms with van der Waals surface area (Å²) in [5.74, 6) is -0.755. The van der Waals surface area contributed by atoms with Gasteiger partial charge in [-0.25, -0.2) is 13.2 Å². The highest BCUT2D eigenvalue weighted by molar-refractivity contribution is 7.89. The molecule has 0 aliphatic carbocycles. The van der Waals surface area contributed by atoms with Gasteiger partial charge in [0.25, 0.3) is 10.0 Å². The fourth-order valence-corrected chi connectivity index (χ4v) is 4.15. The molecule has 1 N–H and O–H groups in total. The van der Waals surface area contributed by atoms with E-state index in [1.165, 1.54) is 16.4 Å². The predicted octanol–water partition coefficient (Wildman–Crippen LogP) is 1.64. The number of carbonyl (C=O) groups excluding carboxylic acids is 1. The van der Waals surface area contributed by atoms with Gasteiger partial charge >= 0.3 is 5.97 Å². The molecule has 23 heavy (non-hydrogen) atoms. The fourth-order valence-electron chi connectivity index (χ4n) is 2.49. The third-order valence-electron chi connectivity index (χ3n) is 3.51. The van der Waals surface area contributed by atoms with Crippen LogP contribution in [0.3, 0.4) is 0 Å². The molecule has 1 unspecified atom stereocenters. The van der Waals surface area contributed by atoms with E-state index in [0.29, 0.717) is 19.5 Å². The van der Waals surface area contributed by atoms with Gasteiger partial charge in [-0.2, -0.15) is 4.31 Å². The Hall–Kier alpha value is -1.09. The number of nitrogens with zero attached hydrogens (tertiary/aromatic N) is 1. The lowest BCUT2D eigenvalue weighted by Gasteiger charge is -2.25. The summed E-state index contributed by atoms with van der Waals surface area (Å²) in [6, 6.07) is 2.57. The van der Waals surface area contributed by atoms with E-state index in [4.69, 9.17) is 9.15 Å². The highest BCUT2D eigenvalue weighted by atomic mass is 35.5. The van der Waals surface area contributed by atoms with E-state index in [1.807, 2.05) is 6.92 Å². The summed E-state index contributed by atoms with van der Waals surface area (Å²) >= 11 is 0. The van der Waals surface area contributed by atoms with Gasteiger partial charge in [0, 0.05) is 19.1 Å². The van der Waals surface area contributed by atoms with Crippen molar-refractivity contribution in [1.82, 2.24) is 9.62 Å². The standard InChI is InChI=1S/C14H22N2O5S.ClH/c1-3-9-16(11-7-8-15-10-11)22(18,19)13-6-5-12(21-13)14(17)20-4-2;/h5-6,11,15H,3-4,7-10H2,1-2H3;1H. The third kappa shape index (κ3) is 4.47. The van der Waals surface area contributed by atoms with E-state index in [1.54, 1.807) is 6.92 Å². The van der Waals surface area contributed by atoms with Crippen molar-refractivity contribution in [1.29, 1.82) is 0 Å². The number of esters is 1. The number of hydrogen-bond acceptors (Lipinski definition) is 6. The SMILES string of the molecule is CCCN(C1CCNC1)S(=O)(=O)c1ccc(C(=O)OCC)o1.Cl. The minimum Gasteiger partial charge on any atom is -0.460 e. The second kappa shape index (κ2) is 8.68. The monoisotopic (exact) mass is 366 g/mol. The van der Waals surface area contributed by atoms with Crippen LogP contribution in [-0.2, 0) is 14.8 Å². The summed E-state index contributed by atoms with van der Waals surface area (Å²) in [5, 5.41) is 2.95. The summed E-state index contributed by atoms with van der Waals surface area (Å²) in [6.07, 6.45) is 1.48. The van der Waals surface area contributed by atoms with E-state index < -0.39 is 16.0 Å². The largest absolute Gasteiger partial charge is 0.460 e. The smallest absolute Gasteiger partial charge is 0.374 e. The van der Waals surface area contributed by atoms with E-state index in [2.05, 4.69) is 5.32 Å². The molecule has 1 aromatic rings. The Balaban J connectivity index is 0.00000264. The van der Waals surface area contributed by atoms with Crippen molar-refractivity contribution in [2.45, 2.75) is 37.8 Å². The molecule has 2 heterocycles. The summed E-state index contributed by atoms with van der Waals surface area (Å²) in [4.78, 5) is 11.6. The predicted molar refractivity (Wildman–Crippen MR) is 87.4 cm³/mol. The number of sulfonamides is 1. The first-order valence-corrected chi connectivity index (χ1v) is 8.94. The quantitative estimate of drug-likeness (QED) is 0.738. The molecule has 1 saturated heterocycles. The maximum absolute atomic E-state index is 12.8. The molecule has 1 aromatic heterocycles. The first-order valence-electron chi connectivity index (χ1n) is 7.50. The Bertz CT molecular complexity index is 610. The zero-order valence-electron chi connectivity index (χ0n) is 13.3. The molecular formula is C14H23ClN2O5S. The Morgan fingerprint density at radius 2 is 2.17 bits per heavy atom. The lowest BCUT2D eigenvalue weighted by molar-refractivity contribution is 0.0483. The molecule has 1 aliphatic rings. The van der Waals surface area contributed by atoms with Crippen molar-refractivity contribution in [3.63, 3.8) is 0 Å². The molecule has 1 aliphatic heterocycles. The molecule has 9 heteroatoms. The first-order chi connectivity index (χ1) is 10.5. The van der Waals surface area contributed by atoms with Crippen LogP contribution in [0.25, 0.3) is 0 Å². The number of hydrogen-bond donors (Lipinski definition) is 1. The number of ether oxygens (including phenoxy) is 1. The molecule has 0 bridgehead atoms. The van der Waals surface area contributed by atoms with Crippen LogP contribution in [0.5, 0.6) is 0 Å². The van der Waals surface area contributed by atoms with Gasteiger partial charge in [0.2, 0.25) is 10.9 Å². The topological polar surface area (TPSA) is 88.9 Å². The lowest BCUT2D eigenvalue weighted by atomic mass is 10.2. The minimum absolute atomic E-state index is 0. The summed E-state index contributed by atoms with van der Waals surface area (Å²) in [5.41, 5.74) is 0. The summed E-state index contributed by atoms with van der Waals surface area (Å²) < 4.78 is 37.0. The number of rotatable bonds is 7. The minimum atomic E-state index is -3.76. The van der Waals surface area contributed by atoms with Crippen LogP contribution in [0.2, 0.25) is 0 Å². The second-order valence-corrected chi connectivity index (χ2v) is 6.92. The summed E-state index contributed by atoms with van der Waals surface area (Å²) in [6.45, 7) is 5.66. The Labute approximate surface area is 142 Å².